The third-order valence-corrected chi connectivity index (χ3v) is 6.91. The van der Waals surface area contributed by atoms with Crippen molar-refractivity contribution in [3.63, 3.8) is 0 Å². The molecule has 0 bridgehead atoms. The predicted molar refractivity (Wildman–Crippen MR) is 84.3 cm³/mol. The first-order valence-corrected chi connectivity index (χ1v) is 9.90. The molecule has 2 heterocycles. The van der Waals surface area contributed by atoms with Crippen molar-refractivity contribution in [2.24, 2.45) is 5.92 Å². The van der Waals surface area contributed by atoms with E-state index in [0.717, 1.165) is 25.1 Å². The van der Waals surface area contributed by atoms with Crippen LogP contribution < -0.4 is 0 Å². The normalized spacial score (nSPS) is 22.3. The van der Waals surface area contributed by atoms with Crippen LogP contribution in [0.5, 0.6) is 0 Å². The van der Waals surface area contributed by atoms with Crippen LogP contribution in [0.2, 0.25) is 0 Å². The van der Waals surface area contributed by atoms with Crippen LogP contribution in [0.25, 0.3) is 0 Å². The van der Waals surface area contributed by atoms with Gasteiger partial charge in [-0.25, -0.2) is 12.7 Å². The van der Waals surface area contributed by atoms with Crippen LogP contribution in [-0.2, 0) is 26.8 Å². The Hall–Kier alpha value is -0.990. The number of nitrogens with zero attached hydrogens (tertiary/aromatic N) is 3. The summed E-state index contributed by atoms with van der Waals surface area (Å²) in [5.41, 5.74) is -0.156. The Balaban J connectivity index is 1.78. The van der Waals surface area contributed by atoms with Crippen LogP contribution in [0.15, 0.2) is 4.52 Å². The van der Waals surface area contributed by atoms with E-state index >= 15 is 0 Å². The lowest BCUT2D eigenvalue weighted by Crippen LogP contribution is -2.46. The van der Waals surface area contributed by atoms with Crippen molar-refractivity contribution in [2.75, 3.05) is 26.0 Å². The summed E-state index contributed by atoms with van der Waals surface area (Å²) in [5.74, 6) is 2.09. The molecule has 3 rings (SSSR count). The molecule has 1 aromatic heterocycles. The summed E-state index contributed by atoms with van der Waals surface area (Å²) >= 11 is 0. The van der Waals surface area contributed by atoms with Gasteiger partial charge in [0, 0.05) is 25.6 Å². The number of sulfonamides is 1. The Kier molecular flexibility index (Phi) is 4.75. The summed E-state index contributed by atoms with van der Waals surface area (Å²) in [7, 11) is -1.53. The van der Waals surface area contributed by atoms with E-state index in [0.29, 0.717) is 31.5 Å². The largest absolute Gasteiger partial charge is 0.375 e. The standard InChI is InChI=1S/C15H25N3O4S/c1-3-23(19,20)18-8-6-15(7-9-18,10-12-4-5-12)14-16-13(11-21-2)22-17-14/h12H,3-11H2,1-2H3. The topological polar surface area (TPSA) is 85.5 Å². The monoisotopic (exact) mass is 343 g/mol. The highest BCUT2D eigenvalue weighted by molar-refractivity contribution is 7.89. The van der Waals surface area contributed by atoms with Crippen LogP contribution in [0.3, 0.4) is 0 Å². The second kappa shape index (κ2) is 6.49. The average molecular weight is 343 g/mol. The van der Waals surface area contributed by atoms with Gasteiger partial charge in [0.15, 0.2) is 5.82 Å². The van der Waals surface area contributed by atoms with Crippen molar-refractivity contribution in [1.82, 2.24) is 14.4 Å². The third kappa shape index (κ3) is 3.59. The number of hydrogen-bond acceptors (Lipinski definition) is 6. The molecule has 0 aromatic carbocycles. The van der Waals surface area contributed by atoms with Crippen molar-refractivity contribution < 1.29 is 17.7 Å². The van der Waals surface area contributed by atoms with E-state index in [2.05, 4.69) is 10.1 Å². The zero-order valence-electron chi connectivity index (χ0n) is 13.8. The van der Waals surface area contributed by atoms with E-state index in [9.17, 15) is 8.42 Å². The van der Waals surface area contributed by atoms with Gasteiger partial charge in [0.1, 0.15) is 6.61 Å². The minimum absolute atomic E-state index is 0.156. The molecule has 1 saturated carbocycles. The smallest absolute Gasteiger partial charge is 0.252 e. The maximum Gasteiger partial charge on any atom is 0.252 e. The summed E-state index contributed by atoms with van der Waals surface area (Å²) < 4.78 is 36.1. The molecule has 0 atom stereocenters. The second-order valence-corrected chi connectivity index (χ2v) is 8.93. The molecule has 1 aliphatic carbocycles. The van der Waals surface area contributed by atoms with E-state index < -0.39 is 10.0 Å². The highest BCUT2D eigenvalue weighted by atomic mass is 32.2. The molecule has 0 radical (unpaired) electrons. The van der Waals surface area contributed by atoms with Crippen LogP contribution in [0, 0.1) is 5.92 Å². The fourth-order valence-electron chi connectivity index (χ4n) is 3.42. The molecule has 0 amide bonds. The Morgan fingerprint density at radius 3 is 2.61 bits per heavy atom. The van der Waals surface area contributed by atoms with Gasteiger partial charge >= 0.3 is 0 Å². The van der Waals surface area contributed by atoms with Crippen molar-refractivity contribution in [3.8, 4) is 0 Å². The lowest BCUT2D eigenvalue weighted by Gasteiger charge is -2.39. The van der Waals surface area contributed by atoms with E-state index in [-0.39, 0.29) is 11.2 Å². The summed E-state index contributed by atoms with van der Waals surface area (Å²) in [6.07, 6.45) is 5.05. The van der Waals surface area contributed by atoms with Crippen molar-refractivity contribution in [2.45, 2.75) is 51.0 Å². The third-order valence-electron chi connectivity index (χ3n) is 5.02. The van der Waals surface area contributed by atoms with E-state index in [1.165, 1.54) is 12.8 Å². The molecule has 0 unspecified atom stereocenters. The van der Waals surface area contributed by atoms with Crippen molar-refractivity contribution >= 4 is 10.0 Å². The van der Waals surface area contributed by atoms with Gasteiger partial charge in [-0.1, -0.05) is 18.0 Å². The van der Waals surface area contributed by atoms with Crippen LogP contribution in [0.1, 0.15) is 50.7 Å². The first kappa shape index (κ1) is 16.9. The number of hydrogen-bond donors (Lipinski definition) is 0. The van der Waals surface area contributed by atoms with Gasteiger partial charge in [0.05, 0.1) is 5.75 Å². The molecule has 7 nitrogen and oxygen atoms in total. The molecule has 130 valence electrons. The zero-order chi connectivity index (χ0) is 16.5. The molecule has 0 N–H and O–H groups in total. The Morgan fingerprint density at radius 2 is 2.04 bits per heavy atom. The van der Waals surface area contributed by atoms with Gasteiger partial charge in [-0.2, -0.15) is 4.98 Å². The highest BCUT2D eigenvalue weighted by Gasteiger charge is 2.45. The Morgan fingerprint density at radius 1 is 1.35 bits per heavy atom. The van der Waals surface area contributed by atoms with Gasteiger partial charge in [-0.3, -0.25) is 0 Å². The van der Waals surface area contributed by atoms with Gasteiger partial charge in [-0.15, -0.1) is 0 Å². The molecule has 0 spiro atoms. The van der Waals surface area contributed by atoms with Gasteiger partial charge in [0.25, 0.3) is 5.89 Å². The molecular weight excluding hydrogens is 318 g/mol. The number of aromatic nitrogens is 2. The fourth-order valence-corrected chi connectivity index (χ4v) is 4.53. The number of rotatable bonds is 7. The highest BCUT2D eigenvalue weighted by Crippen LogP contribution is 2.46. The van der Waals surface area contributed by atoms with Crippen LogP contribution >= 0.6 is 0 Å². The molecule has 23 heavy (non-hydrogen) atoms. The van der Waals surface area contributed by atoms with Crippen LogP contribution in [0.4, 0.5) is 0 Å². The van der Waals surface area contributed by atoms with Crippen molar-refractivity contribution in [1.29, 1.82) is 0 Å². The molecule has 2 aliphatic rings. The first-order chi connectivity index (χ1) is 11.0. The first-order valence-electron chi connectivity index (χ1n) is 8.29. The van der Waals surface area contributed by atoms with E-state index in [1.807, 2.05) is 0 Å². The van der Waals surface area contributed by atoms with E-state index in [4.69, 9.17) is 9.26 Å². The maximum absolute atomic E-state index is 12.1. The number of ether oxygens (including phenoxy) is 1. The Bertz CT molecular complexity index is 631. The van der Waals surface area contributed by atoms with Crippen LogP contribution in [-0.4, -0.2) is 48.8 Å². The van der Waals surface area contributed by atoms with Gasteiger partial charge < -0.3 is 9.26 Å². The number of methoxy groups -OCH3 is 1. The maximum atomic E-state index is 12.1. The molecule has 1 saturated heterocycles. The molecule has 1 aliphatic heterocycles. The summed E-state index contributed by atoms with van der Waals surface area (Å²) in [4.78, 5) is 4.51. The molecule has 8 heteroatoms. The minimum atomic E-state index is -3.12. The fraction of sp³-hybridized carbons (Fsp3) is 0.867. The number of piperidine rings is 1. The summed E-state index contributed by atoms with van der Waals surface area (Å²) in [6.45, 7) is 3.08. The molecule has 1 aromatic rings. The lowest BCUT2D eigenvalue weighted by molar-refractivity contribution is 0.151. The average Bonchev–Trinajstić information content (AvgIpc) is 3.22. The Labute approximate surface area is 137 Å². The summed E-state index contributed by atoms with van der Waals surface area (Å²) in [5, 5.41) is 4.18. The zero-order valence-corrected chi connectivity index (χ0v) is 14.6. The lowest BCUT2D eigenvalue weighted by atomic mass is 9.74. The second-order valence-electron chi connectivity index (χ2n) is 6.67. The SMILES string of the molecule is CCS(=O)(=O)N1CCC(CC2CC2)(c2noc(COC)n2)CC1. The minimum Gasteiger partial charge on any atom is -0.375 e. The quantitative estimate of drug-likeness (QED) is 0.749. The van der Waals surface area contributed by atoms with Gasteiger partial charge in [0.2, 0.25) is 10.0 Å². The van der Waals surface area contributed by atoms with Gasteiger partial charge in [-0.05, 0) is 32.1 Å². The molecule has 2 fully saturated rings. The summed E-state index contributed by atoms with van der Waals surface area (Å²) in [6, 6.07) is 0. The predicted octanol–water partition coefficient (Wildman–Crippen LogP) is 1.70. The molecular formula is C15H25N3O4S. The van der Waals surface area contributed by atoms with E-state index in [1.54, 1.807) is 18.3 Å². The van der Waals surface area contributed by atoms with Crippen molar-refractivity contribution in [3.05, 3.63) is 11.7 Å².